The quantitative estimate of drug-likeness (QED) is 0.659. The molecule has 0 aliphatic carbocycles. The maximum Gasteiger partial charge on any atom is 0.404 e. The molecule has 0 saturated heterocycles. The Kier molecular flexibility index (Phi) is 6.67. The zero-order chi connectivity index (χ0) is 21.1. The molecule has 0 saturated carbocycles. The molecule has 2 rings (SSSR count). The molecule has 0 atom stereocenters. The number of amides is 1. The third-order valence-electron chi connectivity index (χ3n) is 3.65. The van der Waals surface area contributed by atoms with Gasteiger partial charge < -0.3 is 4.90 Å². The molecule has 8 nitrogen and oxygen atoms in total. The zero-order valence-electron chi connectivity index (χ0n) is 14.9. The molecular weight excluding hydrogens is 423 g/mol. The summed E-state index contributed by atoms with van der Waals surface area (Å²) in [6, 6.07) is 3.38. The highest BCUT2D eigenvalue weighted by Gasteiger charge is 2.38. The SMILES string of the molecule is CCN(C(=O)CN(C)S(=O)(=O)CC(F)(F)F)c1cn(-c2cccnc2)nc1Cl. The van der Waals surface area contributed by atoms with E-state index in [-0.39, 0.29) is 17.4 Å². The summed E-state index contributed by atoms with van der Waals surface area (Å²) in [6.45, 7) is 0.935. The molecule has 0 aliphatic heterocycles. The van der Waals surface area contributed by atoms with Crippen LogP contribution in [0.4, 0.5) is 18.9 Å². The number of hydrogen-bond donors (Lipinski definition) is 0. The van der Waals surface area contributed by atoms with Gasteiger partial charge in [0.1, 0.15) is 5.69 Å². The lowest BCUT2D eigenvalue weighted by atomic mass is 10.4. The molecule has 0 fully saturated rings. The molecule has 2 aromatic rings. The Labute approximate surface area is 164 Å². The van der Waals surface area contributed by atoms with Gasteiger partial charge in [-0.3, -0.25) is 9.78 Å². The van der Waals surface area contributed by atoms with Crippen molar-refractivity contribution in [3.63, 3.8) is 0 Å². The minimum atomic E-state index is -4.91. The van der Waals surface area contributed by atoms with Crippen LogP contribution in [0.1, 0.15) is 6.92 Å². The fourth-order valence-electron chi connectivity index (χ4n) is 2.32. The van der Waals surface area contributed by atoms with Gasteiger partial charge >= 0.3 is 6.18 Å². The predicted octanol–water partition coefficient (Wildman–Crippen LogP) is 2.10. The number of anilines is 1. The van der Waals surface area contributed by atoms with Crippen LogP contribution < -0.4 is 4.90 Å². The Morgan fingerprint density at radius 2 is 2.04 bits per heavy atom. The molecule has 0 N–H and O–H groups in total. The summed E-state index contributed by atoms with van der Waals surface area (Å²) in [4.78, 5) is 17.6. The fraction of sp³-hybridized carbons (Fsp3) is 0.400. The second-order valence-corrected chi connectivity index (χ2v) is 8.16. The number of hydrogen-bond acceptors (Lipinski definition) is 5. The number of aromatic nitrogens is 3. The number of rotatable bonds is 7. The summed E-state index contributed by atoms with van der Waals surface area (Å²) in [7, 11) is -3.78. The van der Waals surface area contributed by atoms with Crippen LogP contribution >= 0.6 is 11.6 Å². The van der Waals surface area contributed by atoms with E-state index in [2.05, 4.69) is 10.1 Å². The van der Waals surface area contributed by atoms with Crippen molar-refractivity contribution in [3.05, 3.63) is 35.9 Å². The van der Waals surface area contributed by atoms with E-state index in [9.17, 15) is 26.4 Å². The van der Waals surface area contributed by atoms with Gasteiger partial charge in [-0.05, 0) is 19.1 Å². The molecular formula is C15H17ClF3N5O3S. The maximum absolute atomic E-state index is 12.5. The van der Waals surface area contributed by atoms with Crippen LogP contribution in [0, 0.1) is 0 Å². The van der Waals surface area contributed by atoms with Gasteiger partial charge in [-0.2, -0.15) is 22.6 Å². The Morgan fingerprint density at radius 3 is 2.57 bits per heavy atom. The second-order valence-electron chi connectivity index (χ2n) is 5.73. The minimum Gasteiger partial charge on any atom is -0.307 e. The molecule has 2 heterocycles. The van der Waals surface area contributed by atoms with Crippen LogP contribution in [-0.2, 0) is 14.8 Å². The summed E-state index contributed by atoms with van der Waals surface area (Å²) >= 11 is 6.10. The van der Waals surface area contributed by atoms with E-state index in [1.54, 1.807) is 25.3 Å². The Morgan fingerprint density at radius 1 is 1.36 bits per heavy atom. The van der Waals surface area contributed by atoms with Gasteiger partial charge in [-0.15, -0.1) is 0 Å². The van der Waals surface area contributed by atoms with E-state index in [1.807, 2.05) is 0 Å². The molecule has 0 unspecified atom stereocenters. The molecule has 2 aromatic heterocycles. The number of sulfonamides is 1. The van der Waals surface area contributed by atoms with E-state index in [0.717, 1.165) is 11.9 Å². The van der Waals surface area contributed by atoms with Gasteiger partial charge in [0, 0.05) is 19.8 Å². The average molecular weight is 440 g/mol. The number of likely N-dealkylation sites (N-methyl/N-ethyl adjacent to an activating group) is 2. The van der Waals surface area contributed by atoms with Crippen LogP contribution in [0.15, 0.2) is 30.7 Å². The Balaban J connectivity index is 2.21. The molecule has 0 aliphatic rings. The number of carbonyl (C=O) groups is 1. The number of carbonyl (C=O) groups excluding carboxylic acids is 1. The first kappa shape index (κ1) is 22.1. The molecule has 28 heavy (non-hydrogen) atoms. The standard InChI is InChI=1S/C15H17ClF3N5O3S/c1-3-23(13(25)9-22(2)28(26,27)10-15(17,18)19)12-8-24(21-14(12)16)11-5-4-6-20-7-11/h4-8H,3,9-10H2,1-2H3. The third kappa shape index (κ3) is 5.42. The highest BCUT2D eigenvalue weighted by molar-refractivity contribution is 7.89. The van der Waals surface area contributed by atoms with Crippen LogP contribution in [0.5, 0.6) is 0 Å². The molecule has 154 valence electrons. The van der Waals surface area contributed by atoms with E-state index in [4.69, 9.17) is 11.6 Å². The van der Waals surface area contributed by atoms with Crippen molar-refractivity contribution in [1.82, 2.24) is 19.1 Å². The van der Waals surface area contributed by atoms with E-state index < -0.39 is 34.4 Å². The van der Waals surface area contributed by atoms with Gasteiger partial charge in [0.15, 0.2) is 10.9 Å². The van der Waals surface area contributed by atoms with Crippen LogP contribution in [0.2, 0.25) is 5.15 Å². The highest BCUT2D eigenvalue weighted by atomic mass is 35.5. The van der Waals surface area contributed by atoms with Crippen molar-refractivity contribution < 1.29 is 26.4 Å². The van der Waals surface area contributed by atoms with Gasteiger partial charge in [0.05, 0.1) is 24.6 Å². The van der Waals surface area contributed by atoms with E-state index in [1.165, 1.54) is 17.1 Å². The fourth-order valence-corrected chi connectivity index (χ4v) is 3.49. The number of halogens is 4. The Bertz CT molecular complexity index is 934. The van der Waals surface area contributed by atoms with Gasteiger partial charge in [-0.1, -0.05) is 11.6 Å². The third-order valence-corrected chi connectivity index (χ3v) is 5.69. The monoisotopic (exact) mass is 439 g/mol. The first-order valence-corrected chi connectivity index (χ1v) is 9.90. The maximum atomic E-state index is 12.5. The van der Waals surface area contributed by atoms with E-state index in [0.29, 0.717) is 9.99 Å². The number of pyridine rings is 1. The van der Waals surface area contributed by atoms with Crippen molar-refractivity contribution in [2.45, 2.75) is 13.1 Å². The van der Waals surface area contributed by atoms with Crippen molar-refractivity contribution in [2.24, 2.45) is 0 Å². The molecule has 0 radical (unpaired) electrons. The van der Waals surface area contributed by atoms with Crippen molar-refractivity contribution in [1.29, 1.82) is 0 Å². The predicted molar refractivity (Wildman–Crippen MR) is 96.9 cm³/mol. The van der Waals surface area contributed by atoms with Crippen LogP contribution in [-0.4, -0.2) is 65.5 Å². The van der Waals surface area contributed by atoms with Gasteiger partial charge in [-0.25, -0.2) is 13.1 Å². The van der Waals surface area contributed by atoms with Gasteiger partial charge in [0.25, 0.3) is 0 Å². The minimum absolute atomic E-state index is 0.0279. The normalized spacial score (nSPS) is 12.4. The number of alkyl halides is 3. The molecule has 1 amide bonds. The zero-order valence-corrected chi connectivity index (χ0v) is 16.5. The largest absolute Gasteiger partial charge is 0.404 e. The second kappa shape index (κ2) is 8.45. The summed E-state index contributed by atoms with van der Waals surface area (Å²) < 4.78 is 62.6. The topological polar surface area (TPSA) is 88.4 Å². The first-order valence-electron chi connectivity index (χ1n) is 7.91. The van der Waals surface area contributed by atoms with Gasteiger partial charge in [0.2, 0.25) is 15.9 Å². The van der Waals surface area contributed by atoms with Crippen molar-refractivity contribution in [2.75, 3.05) is 30.8 Å². The smallest absolute Gasteiger partial charge is 0.307 e. The number of nitrogens with zero attached hydrogens (tertiary/aromatic N) is 5. The van der Waals surface area contributed by atoms with E-state index >= 15 is 0 Å². The highest BCUT2D eigenvalue weighted by Crippen LogP contribution is 2.26. The average Bonchev–Trinajstić information content (AvgIpc) is 2.96. The molecule has 13 heteroatoms. The Hall–Kier alpha value is -2.18. The first-order chi connectivity index (χ1) is 12.9. The lowest BCUT2D eigenvalue weighted by molar-refractivity contribution is -0.119. The lowest BCUT2D eigenvalue weighted by Gasteiger charge is -2.23. The summed E-state index contributed by atoms with van der Waals surface area (Å²) in [6.07, 6.45) is -0.378. The van der Waals surface area contributed by atoms with Crippen LogP contribution in [0.3, 0.4) is 0 Å². The molecule has 0 bridgehead atoms. The van der Waals surface area contributed by atoms with Crippen molar-refractivity contribution >= 4 is 33.2 Å². The summed E-state index contributed by atoms with van der Waals surface area (Å²) in [5.74, 6) is -2.79. The molecule has 0 aromatic carbocycles. The lowest BCUT2D eigenvalue weighted by Crippen LogP contribution is -2.43. The molecule has 0 spiro atoms. The van der Waals surface area contributed by atoms with Crippen LogP contribution in [0.25, 0.3) is 5.69 Å². The summed E-state index contributed by atoms with van der Waals surface area (Å²) in [5.41, 5.74) is 0.767. The van der Waals surface area contributed by atoms with Crippen molar-refractivity contribution in [3.8, 4) is 5.69 Å². The summed E-state index contributed by atoms with van der Waals surface area (Å²) in [5, 5.41) is 4.05.